The second-order valence-corrected chi connectivity index (χ2v) is 8.96. The van der Waals surface area contributed by atoms with Gasteiger partial charge in [-0.05, 0) is 73.8 Å². The Kier molecular flexibility index (Phi) is 7.20. The van der Waals surface area contributed by atoms with E-state index in [1.807, 2.05) is 0 Å². The molecule has 0 amide bonds. The lowest BCUT2D eigenvalue weighted by Gasteiger charge is -2.20. The first-order chi connectivity index (χ1) is 10.2. The summed E-state index contributed by atoms with van der Waals surface area (Å²) in [5.41, 5.74) is -0.325. The summed E-state index contributed by atoms with van der Waals surface area (Å²) in [5.74, 6) is -3.58. The third kappa shape index (κ3) is 5.99. The minimum atomic E-state index is -5.19. The van der Waals surface area contributed by atoms with Crippen LogP contribution in [0.2, 0.25) is 0 Å². The second-order valence-electron chi connectivity index (χ2n) is 4.06. The van der Waals surface area contributed by atoms with Crippen LogP contribution in [0.1, 0.15) is 10.4 Å². The van der Waals surface area contributed by atoms with Crippen LogP contribution in [0.5, 0.6) is 5.75 Å². The fourth-order valence-electron chi connectivity index (χ4n) is 1.34. The number of aromatic hydroxyl groups is 1. The highest BCUT2D eigenvalue weighted by Gasteiger charge is 2.46. The molecular weight excluding hydrogens is 686 g/mol. The zero-order valence-corrected chi connectivity index (χ0v) is 17.9. The van der Waals surface area contributed by atoms with E-state index in [0.717, 1.165) is 0 Å². The Hall–Kier alpha value is 0.380. The van der Waals surface area contributed by atoms with Crippen molar-refractivity contribution in [1.82, 2.24) is 0 Å². The van der Waals surface area contributed by atoms with E-state index in [0.29, 0.717) is 3.57 Å². The summed E-state index contributed by atoms with van der Waals surface area (Å²) >= 11 is 4.99. The Balaban J connectivity index is 3.22. The van der Waals surface area contributed by atoms with E-state index in [1.165, 1.54) is 6.07 Å². The molecule has 0 spiro atoms. The highest BCUT2D eigenvalue weighted by molar-refractivity contribution is 14.1. The van der Waals surface area contributed by atoms with Crippen molar-refractivity contribution in [1.29, 1.82) is 0 Å². The zero-order chi connectivity index (χ0) is 18.2. The molecule has 1 aromatic carbocycles. The van der Waals surface area contributed by atoms with Crippen molar-refractivity contribution in [3.63, 3.8) is 0 Å². The third-order valence-corrected chi connectivity index (χ3v) is 5.77. The molecule has 0 saturated heterocycles. The SMILES string of the molecule is O=C(OC(CS(=O)(=O)O)C(F)(F)F)c1c(I)cc(I)c(O)c1I. The molecule has 6 nitrogen and oxygen atoms in total. The molecule has 130 valence electrons. The minimum Gasteiger partial charge on any atom is -0.506 e. The standard InChI is InChI=1S/C10H6F3I3O6S/c11-10(12,13)5(2-23(19,20)21)22-9(18)6-3(14)1-4(15)8(17)7(6)16/h1,5,17H,2H2,(H,19,20,21). The molecule has 13 heteroatoms. The summed E-state index contributed by atoms with van der Waals surface area (Å²) < 4.78 is 72.9. The number of benzene rings is 1. The quantitative estimate of drug-likeness (QED) is 0.286. The summed E-state index contributed by atoms with van der Waals surface area (Å²) in [7, 11) is -5.02. The Morgan fingerprint density at radius 2 is 1.78 bits per heavy atom. The van der Waals surface area contributed by atoms with E-state index in [4.69, 9.17) is 4.55 Å². The van der Waals surface area contributed by atoms with Gasteiger partial charge in [-0.2, -0.15) is 21.6 Å². The normalized spacial score (nSPS) is 13.7. The number of hydrogen-bond donors (Lipinski definition) is 2. The molecule has 0 radical (unpaired) electrons. The smallest absolute Gasteiger partial charge is 0.426 e. The van der Waals surface area contributed by atoms with Crippen LogP contribution in [0.4, 0.5) is 13.2 Å². The third-order valence-electron chi connectivity index (χ3n) is 2.33. The largest absolute Gasteiger partial charge is 0.506 e. The molecule has 0 aromatic heterocycles. The van der Waals surface area contributed by atoms with Crippen LogP contribution >= 0.6 is 67.8 Å². The number of esters is 1. The number of carbonyl (C=O) groups excluding carboxylic acids is 1. The lowest BCUT2D eigenvalue weighted by atomic mass is 10.2. The molecule has 0 fully saturated rings. The summed E-state index contributed by atoms with van der Waals surface area (Å²) in [6, 6.07) is 1.35. The molecule has 1 atom stereocenters. The van der Waals surface area contributed by atoms with Gasteiger partial charge < -0.3 is 9.84 Å². The van der Waals surface area contributed by atoms with Crippen molar-refractivity contribution < 1.29 is 40.8 Å². The van der Waals surface area contributed by atoms with E-state index in [1.54, 1.807) is 67.8 Å². The first kappa shape index (κ1) is 21.4. The number of halogens is 6. The summed E-state index contributed by atoms with van der Waals surface area (Å²) in [5, 5.41) is 9.76. The molecule has 0 saturated carbocycles. The van der Waals surface area contributed by atoms with Crippen LogP contribution in [0.15, 0.2) is 6.07 Å². The van der Waals surface area contributed by atoms with Crippen LogP contribution < -0.4 is 0 Å². The van der Waals surface area contributed by atoms with Gasteiger partial charge in [0.25, 0.3) is 10.1 Å². The molecule has 1 aromatic rings. The monoisotopic (exact) mass is 692 g/mol. The molecule has 0 aliphatic heterocycles. The highest BCUT2D eigenvalue weighted by Crippen LogP contribution is 2.34. The number of carbonyl (C=O) groups is 1. The van der Waals surface area contributed by atoms with Gasteiger partial charge in [-0.1, -0.05) is 0 Å². The van der Waals surface area contributed by atoms with Gasteiger partial charge in [0.05, 0.1) is 12.7 Å². The van der Waals surface area contributed by atoms with Gasteiger partial charge in [0, 0.05) is 3.57 Å². The van der Waals surface area contributed by atoms with Crippen LogP contribution in [-0.2, 0) is 14.9 Å². The molecule has 0 aliphatic carbocycles. The molecule has 0 heterocycles. The van der Waals surface area contributed by atoms with E-state index >= 15 is 0 Å². The fourth-order valence-corrected chi connectivity index (χ4v) is 5.79. The summed E-state index contributed by atoms with van der Waals surface area (Å²) in [6.45, 7) is 0. The second kappa shape index (κ2) is 7.73. The van der Waals surface area contributed by atoms with Gasteiger partial charge >= 0.3 is 12.1 Å². The molecule has 23 heavy (non-hydrogen) atoms. The number of rotatable bonds is 4. The van der Waals surface area contributed by atoms with Gasteiger partial charge in [0.2, 0.25) is 6.10 Å². The average Bonchev–Trinajstić information content (AvgIpc) is 2.32. The Morgan fingerprint density at radius 3 is 2.22 bits per heavy atom. The Morgan fingerprint density at radius 1 is 1.26 bits per heavy atom. The van der Waals surface area contributed by atoms with Crippen molar-refractivity contribution >= 4 is 83.9 Å². The van der Waals surface area contributed by atoms with Crippen LogP contribution in [0, 0.1) is 10.7 Å². The van der Waals surface area contributed by atoms with E-state index in [-0.39, 0.29) is 18.5 Å². The van der Waals surface area contributed by atoms with E-state index in [9.17, 15) is 31.5 Å². The predicted octanol–water partition coefficient (Wildman–Crippen LogP) is 3.18. The predicted molar refractivity (Wildman–Crippen MR) is 97.9 cm³/mol. The molecule has 0 bridgehead atoms. The minimum absolute atomic E-state index is 0.0309. The number of alkyl halides is 3. The number of phenolic OH excluding ortho intramolecular Hbond substituents is 1. The van der Waals surface area contributed by atoms with Crippen molar-refractivity contribution in [3.05, 3.63) is 22.3 Å². The number of hydrogen-bond acceptors (Lipinski definition) is 5. The maximum absolute atomic E-state index is 12.8. The highest BCUT2D eigenvalue weighted by atomic mass is 127. The van der Waals surface area contributed by atoms with Gasteiger partial charge in [-0.25, -0.2) is 4.79 Å². The van der Waals surface area contributed by atoms with Gasteiger partial charge in [-0.15, -0.1) is 0 Å². The fraction of sp³-hybridized carbons (Fsp3) is 0.300. The molecule has 1 unspecified atom stereocenters. The molecule has 2 N–H and O–H groups in total. The zero-order valence-electron chi connectivity index (χ0n) is 10.6. The van der Waals surface area contributed by atoms with Crippen LogP contribution in [-0.4, -0.2) is 42.1 Å². The number of ether oxygens (including phenoxy) is 1. The van der Waals surface area contributed by atoms with Crippen molar-refractivity contribution in [2.45, 2.75) is 12.3 Å². The average molecular weight is 692 g/mol. The lowest BCUT2D eigenvalue weighted by Crippen LogP contribution is -2.39. The van der Waals surface area contributed by atoms with Crippen LogP contribution in [0.3, 0.4) is 0 Å². The van der Waals surface area contributed by atoms with E-state index < -0.39 is 34.1 Å². The van der Waals surface area contributed by atoms with Crippen molar-refractivity contribution in [2.24, 2.45) is 0 Å². The van der Waals surface area contributed by atoms with Crippen molar-refractivity contribution in [3.8, 4) is 5.75 Å². The molecule has 1 rings (SSSR count). The van der Waals surface area contributed by atoms with Crippen LogP contribution in [0.25, 0.3) is 0 Å². The summed E-state index contributed by atoms with van der Waals surface area (Å²) in [4.78, 5) is 12.0. The van der Waals surface area contributed by atoms with Gasteiger partial charge in [0.1, 0.15) is 11.5 Å². The number of phenols is 1. The Bertz CT molecular complexity index is 734. The first-order valence-corrected chi connectivity index (χ1v) is 10.2. The van der Waals surface area contributed by atoms with Gasteiger partial charge in [-0.3, -0.25) is 4.55 Å². The van der Waals surface area contributed by atoms with E-state index in [2.05, 4.69) is 4.74 Å². The maximum Gasteiger partial charge on any atom is 0.426 e. The Labute approximate surface area is 169 Å². The van der Waals surface area contributed by atoms with Crippen molar-refractivity contribution in [2.75, 3.05) is 5.75 Å². The summed E-state index contributed by atoms with van der Waals surface area (Å²) in [6.07, 6.45) is -8.22. The maximum atomic E-state index is 12.8. The topological polar surface area (TPSA) is 101 Å². The molecular formula is C10H6F3I3O6S. The first-order valence-electron chi connectivity index (χ1n) is 5.33. The molecule has 0 aliphatic rings. The lowest BCUT2D eigenvalue weighted by molar-refractivity contribution is -0.197. The van der Waals surface area contributed by atoms with Gasteiger partial charge in [0.15, 0.2) is 0 Å².